The van der Waals surface area contributed by atoms with Gasteiger partial charge in [-0.1, -0.05) is 49.6 Å². The molecule has 19 heavy (non-hydrogen) atoms. The Bertz CT molecular complexity index is 380. The van der Waals surface area contributed by atoms with E-state index < -0.39 is 11.4 Å². The molecule has 1 atom stereocenters. The minimum absolute atomic E-state index is 0.104. The quantitative estimate of drug-likeness (QED) is 0.596. The monoisotopic (exact) mass is 265 g/mol. The van der Waals surface area contributed by atoms with E-state index in [0.717, 1.165) is 31.2 Å². The van der Waals surface area contributed by atoms with Crippen molar-refractivity contribution in [1.29, 1.82) is 0 Å². The summed E-state index contributed by atoms with van der Waals surface area (Å²) >= 11 is 0. The van der Waals surface area contributed by atoms with Crippen molar-refractivity contribution in [3.8, 4) is 0 Å². The number of unbranched alkanes of at least 4 members (excludes halogenated alkanes) is 3. The molecule has 0 saturated heterocycles. The molecule has 1 rings (SSSR count). The maximum absolute atomic E-state index is 11.7. The molecule has 1 aromatic carbocycles. The lowest BCUT2D eigenvalue weighted by Crippen LogP contribution is -2.43. The second-order valence-corrected chi connectivity index (χ2v) is 4.85. The second kappa shape index (κ2) is 7.92. The summed E-state index contributed by atoms with van der Waals surface area (Å²) in [7, 11) is 0. The lowest BCUT2D eigenvalue weighted by molar-refractivity contribution is -0.143. The zero-order valence-electron chi connectivity index (χ0n) is 11.2. The molecule has 0 aliphatic rings. The minimum Gasteiger partial charge on any atom is -0.481 e. The zero-order chi connectivity index (χ0) is 14.1. The van der Waals surface area contributed by atoms with Gasteiger partial charge in [0, 0.05) is 13.2 Å². The fourth-order valence-electron chi connectivity index (χ4n) is 2.33. The van der Waals surface area contributed by atoms with E-state index >= 15 is 0 Å². The van der Waals surface area contributed by atoms with Crippen LogP contribution in [0.1, 0.15) is 37.7 Å². The van der Waals surface area contributed by atoms with Crippen LogP contribution in [0.3, 0.4) is 0 Å². The molecule has 0 heterocycles. The number of aliphatic carboxylic acids is 1. The Morgan fingerprint density at radius 1 is 1.11 bits per heavy atom. The topological polar surface area (TPSA) is 83.5 Å². The number of nitrogens with two attached hydrogens (primary N) is 1. The van der Waals surface area contributed by atoms with Crippen LogP contribution >= 0.6 is 0 Å². The van der Waals surface area contributed by atoms with E-state index in [9.17, 15) is 9.90 Å². The first-order valence-corrected chi connectivity index (χ1v) is 6.77. The smallest absolute Gasteiger partial charge is 0.315 e. The molecule has 0 amide bonds. The van der Waals surface area contributed by atoms with E-state index in [2.05, 4.69) is 0 Å². The first-order valence-electron chi connectivity index (χ1n) is 6.77. The third-order valence-electron chi connectivity index (χ3n) is 3.60. The lowest BCUT2D eigenvalue weighted by Gasteiger charge is -2.28. The number of carboxylic acid groups (broad SMARTS) is 1. The molecule has 106 valence electrons. The summed E-state index contributed by atoms with van der Waals surface area (Å²) in [6.07, 6.45) is 3.95. The molecule has 0 saturated carbocycles. The molecule has 4 N–H and O–H groups in total. The standard InChI is InChI=1S/C15H23NO3/c16-12-15(14(18)19,10-6-1-2-7-11-17)13-8-4-3-5-9-13/h3-5,8-9,17H,1-2,6-7,10-12,16H2,(H,18,19). The van der Waals surface area contributed by atoms with E-state index in [0.29, 0.717) is 6.42 Å². The normalized spacial score (nSPS) is 14.0. The van der Waals surface area contributed by atoms with Gasteiger partial charge in [-0.25, -0.2) is 0 Å². The van der Waals surface area contributed by atoms with E-state index in [1.807, 2.05) is 30.3 Å². The lowest BCUT2D eigenvalue weighted by atomic mass is 9.76. The van der Waals surface area contributed by atoms with Crippen LogP contribution in [0, 0.1) is 0 Å². The Morgan fingerprint density at radius 3 is 2.26 bits per heavy atom. The van der Waals surface area contributed by atoms with Gasteiger partial charge in [0.25, 0.3) is 0 Å². The molecular formula is C15H23NO3. The van der Waals surface area contributed by atoms with Gasteiger partial charge in [0.1, 0.15) is 5.41 Å². The van der Waals surface area contributed by atoms with Gasteiger partial charge in [-0.2, -0.15) is 0 Å². The molecule has 1 aromatic rings. The number of carboxylic acids is 1. The summed E-state index contributed by atoms with van der Waals surface area (Å²) in [6, 6.07) is 9.21. The van der Waals surface area contributed by atoms with Crippen LogP contribution in [0.15, 0.2) is 30.3 Å². The van der Waals surface area contributed by atoms with Crippen molar-refractivity contribution in [3.05, 3.63) is 35.9 Å². The highest BCUT2D eigenvalue weighted by atomic mass is 16.4. The maximum atomic E-state index is 11.7. The summed E-state index contributed by atoms with van der Waals surface area (Å²) in [6.45, 7) is 0.298. The summed E-state index contributed by atoms with van der Waals surface area (Å²) in [5.74, 6) is -0.858. The molecule has 0 radical (unpaired) electrons. The number of rotatable bonds is 9. The Kier molecular flexibility index (Phi) is 6.53. The SMILES string of the molecule is NCC(CCCCCCO)(C(=O)O)c1ccccc1. The molecule has 0 aliphatic heterocycles. The van der Waals surface area contributed by atoms with Crippen LogP contribution in [0.2, 0.25) is 0 Å². The summed E-state index contributed by atoms with van der Waals surface area (Å²) in [5.41, 5.74) is 5.55. The van der Waals surface area contributed by atoms with Gasteiger partial charge in [-0.05, 0) is 18.4 Å². The fraction of sp³-hybridized carbons (Fsp3) is 0.533. The van der Waals surface area contributed by atoms with E-state index in [-0.39, 0.29) is 13.2 Å². The van der Waals surface area contributed by atoms with E-state index in [4.69, 9.17) is 10.8 Å². The van der Waals surface area contributed by atoms with Gasteiger partial charge in [-0.3, -0.25) is 4.79 Å². The molecular weight excluding hydrogens is 242 g/mol. The highest BCUT2D eigenvalue weighted by molar-refractivity contribution is 5.81. The average Bonchev–Trinajstić information content (AvgIpc) is 2.44. The minimum atomic E-state index is -0.986. The second-order valence-electron chi connectivity index (χ2n) is 4.85. The fourth-order valence-corrected chi connectivity index (χ4v) is 2.33. The average molecular weight is 265 g/mol. The predicted molar refractivity (Wildman–Crippen MR) is 75.0 cm³/mol. The van der Waals surface area contributed by atoms with E-state index in [1.54, 1.807) is 0 Å². The van der Waals surface area contributed by atoms with Crippen LogP contribution in [0.4, 0.5) is 0 Å². The van der Waals surface area contributed by atoms with Crippen molar-refractivity contribution in [2.24, 2.45) is 5.73 Å². The molecule has 0 aliphatic carbocycles. The number of hydrogen-bond acceptors (Lipinski definition) is 3. The highest BCUT2D eigenvalue weighted by Crippen LogP contribution is 2.30. The third kappa shape index (κ3) is 4.04. The van der Waals surface area contributed by atoms with Crippen LogP contribution in [-0.2, 0) is 10.2 Å². The summed E-state index contributed by atoms with van der Waals surface area (Å²) in [4.78, 5) is 11.7. The van der Waals surface area contributed by atoms with Crippen LogP contribution in [0.25, 0.3) is 0 Å². The number of hydrogen-bond donors (Lipinski definition) is 3. The molecule has 0 aromatic heterocycles. The van der Waals surface area contributed by atoms with Crippen LogP contribution in [-0.4, -0.2) is 29.3 Å². The number of aliphatic hydroxyl groups excluding tert-OH is 1. The van der Waals surface area contributed by atoms with Gasteiger partial charge < -0.3 is 15.9 Å². The van der Waals surface area contributed by atoms with Gasteiger partial charge in [-0.15, -0.1) is 0 Å². The third-order valence-corrected chi connectivity index (χ3v) is 3.60. The first kappa shape index (κ1) is 15.7. The van der Waals surface area contributed by atoms with Crippen molar-refractivity contribution in [2.75, 3.05) is 13.2 Å². The van der Waals surface area contributed by atoms with Crippen molar-refractivity contribution in [2.45, 2.75) is 37.5 Å². The van der Waals surface area contributed by atoms with Crippen molar-refractivity contribution >= 4 is 5.97 Å². The molecule has 0 fully saturated rings. The maximum Gasteiger partial charge on any atom is 0.315 e. The molecule has 1 unspecified atom stereocenters. The van der Waals surface area contributed by atoms with Gasteiger partial charge in [0.05, 0.1) is 0 Å². The van der Waals surface area contributed by atoms with Crippen molar-refractivity contribution < 1.29 is 15.0 Å². The van der Waals surface area contributed by atoms with Crippen molar-refractivity contribution in [3.63, 3.8) is 0 Å². The number of benzene rings is 1. The van der Waals surface area contributed by atoms with Crippen molar-refractivity contribution in [1.82, 2.24) is 0 Å². The Balaban J connectivity index is 2.74. The van der Waals surface area contributed by atoms with Crippen LogP contribution < -0.4 is 5.73 Å². The van der Waals surface area contributed by atoms with E-state index in [1.165, 1.54) is 0 Å². The molecule has 4 heteroatoms. The predicted octanol–water partition coefficient (Wildman–Crippen LogP) is 1.91. The summed E-state index contributed by atoms with van der Waals surface area (Å²) < 4.78 is 0. The molecule has 4 nitrogen and oxygen atoms in total. The zero-order valence-corrected chi connectivity index (χ0v) is 11.2. The molecule has 0 spiro atoms. The van der Waals surface area contributed by atoms with Gasteiger partial charge >= 0.3 is 5.97 Å². The van der Waals surface area contributed by atoms with Crippen LogP contribution in [0.5, 0.6) is 0 Å². The Morgan fingerprint density at radius 2 is 1.74 bits per heavy atom. The first-order chi connectivity index (χ1) is 9.17. The Hall–Kier alpha value is -1.39. The number of aliphatic hydroxyl groups is 1. The molecule has 0 bridgehead atoms. The highest BCUT2D eigenvalue weighted by Gasteiger charge is 2.38. The largest absolute Gasteiger partial charge is 0.481 e. The van der Waals surface area contributed by atoms with Gasteiger partial charge in [0.15, 0.2) is 0 Å². The number of carbonyl (C=O) groups is 1. The summed E-state index contributed by atoms with van der Waals surface area (Å²) in [5, 5.41) is 18.3. The Labute approximate surface area is 114 Å². The van der Waals surface area contributed by atoms with Gasteiger partial charge in [0.2, 0.25) is 0 Å².